The van der Waals surface area contributed by atoms with Crippen LogP contribution in [0.25, 0.3) is 0 Å². The number of fused-ring (bicyclic) bond motifs is 1. The zero-order valence-electron chi connectivity index (χ0n) is 11.5. The Labute approximate surface area is 107 Å². The first-order valence-corrected chi connectivity index (χ1v) is 8.13. The highest BCUT2D eigenvalue weighted by molar-refractivity contribution is 5.06. The molecule has 17 heavy (non-hydrogen) atoms. The van der Waals surface area contributed by atoms with E-state index in [4.69, 9.17) is 0 Å². The normalized spacial score (nSPS) is 38.3. The summed E-state index contributed by atoms with van der Waals surface area (Å²) in [7, 11) is 0. The quantitative estimate of drug-likeness (QED) is 0.734. The molecule has 0 aromatic carbocycles. The van der Waals surface area contributed by atoms with E-state index in [2.05, 4.69) is 12.2 Å². The van der Waals surface area contributed by atoms with E-state index in [0.29, 0.717) is 0 Å². The predicted octanol–water partition coefficient (Wildman–Crippen LogP) is 3.98. The second kappa shape index (κ2) is 5.30. The lowest BCUT2D eigenvalue weighted by atomic mass is 9.92. The Balaban J connectivity index is 1.53. The molecular formula is C16H29N. The molecular weight excluding hydrogens is 206 g/mol. The minimum Gasteiger partial charge on any atom is -0.314 e. The first-order chi connectivity index (χ1) is 8.40. The van der Waals surface area contributed by atoms with Gasteiger partial charge in [0.2, 0.25) is 0 Å². The van der Waals surface area contributed by atoms with Gasteiger partial charge in [0.15, 0.2) is 0 Å². The van der Waals surface area contributed by atoms with Gasteiger partial charge in [-0.05, 0) is 55.9 Å². The average molecular weight is 235 g/mol. The van der Waals surface area contributed by atoms with Gasteiger partial charge in [0.05, 0.1) is 0 Å². The topological polar surface area (TPSA) is 12.0 Å². The van der Waals surface area contributed by atoms with Crippen molar-refractivity contribution < 1.29 is 0 Å². The Kier molecular flexibility index (Phi) is 3.75. The number of hydrogen-bond donors (Lipinski definition) is 1. The molecule has 0 heterocycles. The van der Waals surface area contributed by atoms with Crippen LogP contribution in [0.5, 0.6) is 0 Å². The van der Waals surface area contributed by atoms with E-state index in [1.165, 1.54) is 51.5 Å². The molecule has 0 bridgehead atoms. The Hall–Kier alpha value is -0.0400. The smallest absolute Gasteiger partial charge is 0.0103 e. The monoisotopic (exact) mass is 235 g/mol. The first-order valence-electron chi connectivity index (χ1n) is 8.13. The third kappa shape index (κ3) is 2.54. The van der Waals surface area contributed by atoms with Crippen molar-refractivity contribution >= 4 is 0 Å². The van der Waals surface area contributed by atoms with Crippen LogP contribution in [0.1, 0.15) is 64.7 Å². The second-order valence-electron chi connectivity index (χ2n) is 6.78. The molecule has 0 aromatic heterocycles. The summed E-state index contributed by atoms with van der Waals surface area (Å²) in [6, 6.07) is 0.883. The van der Waals surface area contributed by atoms with Gasteiger partial charge in [-0.3, -0.25) is 0 Å². The summed E-state index contributed by atoms with van der Waals surface area (Å²) in [5.41, 5.74) is 0. The van der Waals surface area contributed by atoms with Crippen LogP contribution in [0.15, 0.2) is 0 Å². The molecule has 0 radical (unpaired) electrons. The maximum absolute atomic E-state index is 3.89. The van der Waals surface area contributed by atoms with Gasteiger partial charge in [0.25, 0.3) is 0 Å². The van der Waals surface area contributed by atoms with Crippen molar-refractivity contribution in [2.75, 3.05) is 6.54 Å². The molecule has 0 saturated heterocycles. The molecule has 3 aliphatic carbocycles. The highest BCUT2D eigenvalue weighted by atomic mass is 14.9. The molecule has 3 fully saturated rings. The summed E-state index contributed by atoms with van der Waals surface area (Å²) in [5.74, 6) is 4.40. The van der Waals surface area contributed by atoms with Crippen molar-refractivity contribution in [3.05, 3.63) is 0 Å². The third-order valence-corrected chi connectivity index (χ3v) is 5.66. The Morgan fingerprint density at radius 3 is 2.35 bits per heavy atom. The molecule has 0 amide bonds. The van der Waals surface area contributed by atoms with Gasteiger partial charge in [-0.2, -0.15) is 0 Å². The number of nitrogens with one attached hydrogen (secondary N) is 1. The van der Waals surface area contributed by atoms with E-state index in [-0.39, 0.29) is 0 Å². The Morgan fingerprint density at radius 2 is 1.71 bits per heavy atom. The van der Waals surface area contributed by atoms with Gasteiger partial charge in [0, 0.05) is 6.04 Å². The fraction of sp³-hybridized carbons (Fsp3) is 1.00. The molecule has 0 aliphatic heterocycles. The predicted molar refractivity (Wildman–Crippen MR) is 73.0 cm³/mol. The van der Waals surface area contributed by atoms with E-state index >= 15 is 0 Å². The van der Waals surface area contributed by atoms with Crippen molar-refractivity contribution in [3.63, 3.8) is 0 Å². The molecule has 1 N–H and O–H groups in total. The standard InChI is InChI=1S/C16H29N/c1-2-10-17-15(11-12-6-3-4-7-12)16-13-8-5-9-14(13)16/h12-17H,2-11H2,1H3. The molecule has 3 aliphatic rings. The van der Waals surface area contributed by atoms with Crippen molar-refractivity contribution in [1.82, 2.24) is 5.32 Å². The van der Waals surface area contributed by atoms with E-state index in [1.807, 2.05) is 0 Å². The van der Waals surface area contributed by atoms with E-state index < -0.39 is 0 Å². The molecule has 1 nitrogen and oxygen atoms in total. The third-order valence-electron chi connectivity index (χ3n) is 5.66. The fourth-order valence-electron chi connectivity index (χ4n) is 4.79. The molecule has 3 rings (SSSR count). The number of hydrogen-bond acceptors (Lipinski definition) is 1. The van der Waals surface area contributed by atoms with E-state index in [1.54, 1.807) is 12.8 Å². The van der Waals surface area contributed by atoms with Crippen LogP contribution < -0.4 is 5.32 Å². The summed E-state index contributed by atoms with van der Waals surface area (Å²) < 4.78 is 0. The molecule has 3 atom stereocenters. The van der Waals surface area contributed by atoms with Gasteiger partial charge < -0.3 is 5.32 Å². The highest BCUT2D eigenvalue weighted by Gasteiger charge is 2.55. The molecule has 98 valence electrons. The molecule has 3 saturated carbocycles. The maximum Gasteiger partial charge on any atom is 0.0103 e. The van der Waals surface area contributed by atoms with Crippen LogP contribution in [-0.2, 0) is 0 Å². The van der Waals surface area contributed by atoms with Gasteiger partial charge in [-0.25, -0.2) is 0 Å². The first kappa shape index (κ1) is 12.0. The molecule has 1 heteroatoms. The molecule has 3 unspecified atom stereocenters. The largest absolute Gasteiger partial charge is 0.314 e. The number of rotatable bonds is 6. The maximum atomic E-state index is 3.89. The van der Waals surface area contributed by atoms with Crippen LogP contribution >= 0.6 is 0 Å². The summed E-state index contributed by atoms with van der Waals surface area (Å²) >= 11 is 0. The second-order valence-corrected chi connectivity index (χ2v) is 6.78. The van der Waals surface area contributed by atoms with E-state index in [9.17, 15) is 0 Å². The Morgan fingerprint density at radius 1 is 1.00 bits per heavy atom. The van der Waals surface area contributed by atoms with Crippen molar-refractivity contribution in [2.24, 2.45) is 23.7 Å². The van der Waals surface area contributed by atoms with Crippen LogP contribution in [0, 0.1) is 23.7 Å². The lowest BCUT2D eigenvalue weighted by Crippen LogP contribution is -2.34. The average Bonchev–Trinajstić information content (AvgIpc) is 2.81. The lowest BCUT2D eigenvalue weighted by Gasteiger charge is -2.23. The summed E-state index contributed by atoms with van der Waals surface area (Å²) in [4.78, 5) is 0. The van der Waals surface area contributed by atoms with E-state index in [0.717, 1.165) is 29.7 Å². The lowest BCUT2D eigenvalue weighted by molar-refractivity contribution is 0.329. The zero-order valence-corrected chi connectivity index (χ0v) is 11.5. The highest BCUT2D eigenvalue weighted by Crippen LogP contribution is 2.59. The van der Waals surface area contributed by atoms with Gasteiger partial charge in [-0.15, -0.1) is 0 Å². The summed E-state index contributed by atoms with van der Waals surface area (Å²) in [6.07, 6.45) is 13.5. The van der Waals surface area contributed by atoms with Gasteiger partial charge in [0.1, 0.15) is 0 Å². The van der Waals surface area contributed by atoms with Crippen molar-refractivity contribution in [1.29, 1.82) is 0 Å². The van der Waals surface area contributed by atoms with Crippen LogP contribution in [0.4, 0.5) is 0 Å². The summed E-state index contributed by atoms with van der Waals surface area (Å²) in [6.45, 7) is 3.54. The summed E-state index contributed by atoms with van der Waals surface area (Å²) in [5, 5.41) is 3.89. The SMILES string of the molecule is CCCNC(CC1CCCC1)C1C2CCCC21. The van der Waals surface area contributed by atoms with Crippen LogP contribution in [-0.4, -0.2) is 12.6 Å². The minimum atomic E-state index is 0.883. The minimum absolute atomic E-state index is 0.883. The van der Waals surface area contributed by atoms with Crippen LogP contribution in [0.2, 0.25) is 0 Å². The van der Waals surface area contributed by atoms with Crippen LogP contribution in [0.3, 0.4) is 0 Å². The van der Waals surface area contributed by atoms with Crippen molar-refractivity contribution in [3.8, 4) is 0 Å². The van der Waals surface area contributed by atoms with Gasteiger partial charge in [-0.1, -0.05) is 39.0 Å². The molecule has 0 aromatic rings. The van der Waals surface area contributed by atoms with Gasteiger partial charge >= 0.3 is 0 Å². The Bertz CT molecular complexity index is 234. The molecule has 0 spiro atoms. The zero-order chi connectivity index (χ0) is 11.7. The fourth-order valence-corrected chi connectivity index (χ4v) is 4.79. The van der Waals surface area contributed by atoms with Crippen molar-refractivity contribution in [2.45, 2.75) is 70.8 Å².